The Morgan fingerprint density at radius 1 is 1.14 bits per heavy atom. The highest BCUT2D eigenvalue weighted by molar-refractivity contribution is 5.75. The van der Waals surface area contributed by atoms with Gasteiger partial charge in [0.05, 0.1) is 23.7 Å². The Morgan fingerprint density at radius 3 is 2.59 bits per heavy atom. The van der Waals surface area contributed by atoms with E-state index in [1.807, 2.05) is 24.3 Å². The number of hydrogen-bond donors (Lipinski definition) is 1. The van der Waals surface area contributed by atoms with E-state index in [-0.39, 0.29) is 5.82 Å². The summed E-state index contributed by atoms with van der Waals surface area (Å²) in [5.74, 6) is 0.681. The van der Waals surface area contributed by atoms with Gasteiger partial charge in [0.25, 0.3) is 0 Å². The molecule has 0 aliphatic rings. The van der Waals surface area contributed by atoms with Gasteiger partial charge in [-0.05, 0) is 36.2 Å². The Kier molecular flexibility index (Phi) is 4.20. The van der Waals surface area contributed by atoms with Crippen molar-refractivity contribution < 1.29 is 9.50 Å². The third-order valence-electron chi connectivity index (χ3n) is 3.82. The van der Waals surface area contributed by atoms with Gasteiger partial charge in [-0.15, -0.1) is 0 Å². The minimum absolute atomic E-state index is 0.296. The van der Waals surface area contributed by atoms with E-state index in [1.54, 1.807) is 12.1 Å². The molecule has 1 atom stereocenters. The molecule has 3 nitrogen and oxygen atoms in total. The van der Waals surface area contributed by atoms with Gasteiger partial charge in [0.15, 0.2) is 0 Å². The van der Waals surface area contributed by atoms with E-state index in [2.05, 4.69) is 16.5 Å². The molecule has 4 heteroatoms. The fourth-order valence-electron chi connectivity index (χ4n) is 2.71. The van der Waals surface area contributed by atoms with Gasteiger partial charge >= 0.3 is 0 Å². The van der Waals surface area contributed by atoms with Crippen LogP contribution in [0.1, 0.15) is 30.8 Å². The van der Waals surface area contributed by atoms with Crippen molar-refractivity contribution in [2.24, 2.45) is 0 Å². The summed E-state index contributed by atoms with van der Waals surface area (Å²) in [4.78, 5) is 4.66. The van der Waals surface area contributed by atoms with Crippen molar-refractivity contribution in [3.63, 3.8) is 0 Å². The number of aliphatic hydroxyl groups excluding tert-OH is 1. The Bertz CT molecular complexity index is 764. The maximum Gasteiger partial charge on any atom is 0.123 e. The van der Waals surface area contributed by atoms with E-state index >= 15 is 0 Å². The van der Waals surface area contributed by atoms with Crippen LogP contribution in [0.3, 0.4) is 0 Å². The Labute approximate surface area is 129 Å². The molecule has 0 fully saturated rings. The molecule has 3 aromatic rings. The normalized spacial score (nSPS) is 12.7. The van der Waals surface area contributed by atoms with Crippen LogP contribution in [0.25, 0.3) is 11.0 Å². The second kappa shape index (κ2) is 6.28. The quantitative estimate of drug-likeness (QED) is 0.776. The SMILES string of the molecule is CCCc1nc2ccccc2n1C[C@@H](O)c1ccc(F)cc1. The van der Waals surface area contributed by atoms with E-state index in [4.69, 9.17) is 0 Å². The molecular formula is C18H19FN2O. The summed E-state index contributed by atoms with van der Waals surface area (Å²) >= 11 is 0. The van der Waals surface area contributed by atoms with Crippen LogP contribution in [-0.4, -0.2) is 14.7 Å². The van der Waals surface area contributed by atoms with Gasteiger partial charge in [0.2, 0.25) is 0 Å². The van der Waals surface area contributed by atoms with Crippen molar-refractivity contribution in [2.45, 2.75) is 32.4 Å². The molecule has 0 saturated carbocycles. The zero-order valence-corrected chi connectivity index (χ0v) is 12.5. The van der Waals surface area contributed by atoms with Crippen molar-refractivity contribution in [1.29, 1.82) is 0 Å². The molecular weight excluding hydrogens is 279 g/mol. The number of imidazole rings is 1. The predicted octanol–water partition coefficient (Wildman–Crippen LogP) is 3.86. The van der Waals surface area contributed by atoms with E-state index < -0.39 is 6.10 Å². The number of fused-ring (bicyclic) bond motifs is 1. The molecule has 0 saturated heterocycles. The smallest absolute Gasteiger partial charge is 0.123 e. The van der Waals surface area contributed by atoms with E-state index in [0.717, 1.165) is 29.7 Å². The van der Waals surface area contributed by atoms with E-state index in [0.29, 0.717) is 12.1 Å². The van der Waals surface area contributed by atoms with Crippen molar-refractivity contribution in [3.8, 4) is 0 Å². The Morgan fingerprint density at radius 2 is 1.86 bits per heavy atom. The minimum Gasteiger partial charge on any atom is -0.387 e. The molecule has 0 aliphatic carbocycles. The van der Waals surface area contributed by atoms with Gasteiger partial charge in [0.1, 0.15) is 11.6 Å². The van der Waals surface area contributed by atoms with Gasteiger partial charge in [-0.25, -0.2) is 9.37 Å². The van der Waals surface area contributed by atoms with Gasteiger partial charge in [-0.3, -0.25) is 0 Å². The van der Waals surface area contributed by atoms with Gasteiger partial charge < -0.3 is 9.67 Å². The Hall–Kier alpha value is -2.20. The van der Waals surface area contributed by atoms with Crippen molar-refractivity contribution >= 4 is 11.0 Å². The molecule has 0 spiro atoms. The fraction of sp³-hybridized carbons (Fsp3) is 0.278. The molecule has 114 valence electrons. The van der Waals surface area contributed by atoms with Crippen LogP contribution in [0.2, 0.25) is 0 Å². The molecule has 0 unspecified atom stereocenters. The van der Waals surface area contributed by atoms with Crippen molar-refractivity contribution in [3.05, 3.63) is 65.7 Å². The highest BCUT2D eigenvalue weighted by Gasteiger charge is 2.15. The first-order valence-corrected chi connectivity index (χ1v) is 7.56. The summed E-state index contributed by atoms with van der Waals surface area (Å²) in [5, 5.41) is 10.5. The number of aliphatic hydroxyl groups is 1. The molecule has 1 heterocycles. The second-order valence-corrected chi connectivity index (χ2v) is 5.44. The zero-order valence-electron chi connectivity index (χ0n) is 12.5. The van der Waals surface area contributed by atoms with E-state index in [9.17, 15) is 9.50 Å². The maximum absolute atomic E-state index is 13.0. The number of rotatable bonds is 5. The largest absolute Gasteiger partial charge is 0.387 e. The zero-order chi connectivity index (χ0) is 15.5. The summed E-state index contributed by atoms with van der Waals surface area (Å²) in [7, 11) is 0. The molecule has 0 amide bonds. The lowest BCUT2D eigenvalue weighted by Gasteiger charge is -2.15. The van der Waals surface area contributed by atoms with Crippen molar-refractivity contribution in [1.82, 2.24) is 9.55 Å². The lowest BCUT2D eigenvalue weighted by atomic mass is 10.1. The van der Waals surface area contributed by atoms with Crippen LogP contribution in [0.4, 0.5) is 4.39 Å². The fourth-order valence-corrected chi connectivity index (χ4v) is 2.71. The number of para-hydroxylation sites is 2. The molecule has 0 bridgehead atoms. The monoisotopic (exact) mass is 298 g/mol. The predicted molar refractivity (Wildman–Crippen MR) is 85.1 cm³/mol. The van der Waals surface area contributed by atoms with Gasteiger partial charge in [-0.2, -0.15) is 0 Å². The maximum atomic E-state index is 13.0. The highest BCUT2D eigenvalue weighted by Crippen LogP contribution is 2.22. The molecule has 1 N–H and O–H groups in total. The number of aromatic nitrogens is 2. The number of aryl methyl sites for hydroxylation is 1. The van der Waals surface area contributed by atoms with Crippen LogP contribution in [0.15, 0.2) is 48.5 Å². The highest BCUT2D eigenvalue weighted by atomic mass is 19.1. The summed E-state index contributed by atoms with van der Waals surface area (Å²) in [5.41, 5.74) is 2.67. The first-order chi connectivity index (χ1) is 10.7. The van der Waals surface area contributed by atoms with Gasteiger partial charge in [-0.1, -0.05) is 31.2 Å². The molecule has 0 radical (unpaired) electrons. The molecule has 2 aromatic carbocycles. The van der Waals surface area contributed by atoms with Crippen molar-refractivity contribution in [2.75, 3.05) is 0 Å². The van der Waals surface area contributed by atoms with Crippen LogP contribution in [0, 0.1) is 5.82 Å². The summed E-state index contributed by atoms with van der Waals surface area (Å²) in [6.07, 6.45) is 1.18. The third-order valence-corrected chi connectivity index (χ3v) is 3.82. The number of nitrogens with zero attached hydrogens (tertiary/aromatic N) is 2. The van der Waals surface area contributed by atoms with E-state index in [1.165, 1.54) is 12.1 Å². The number of benzene rings is 2. The summed E-state index contributed by atoms with van der Waals surface area (Å²) in [6.45, 7) is 2.53. The molecule has 0 aliphatic heterocycles. The Balaban J connectivity index is 1.94. The molecule has 1 aromatic heterocycles. The average molecular weight is 298 g/mol. The van der Waals surface area contributed by atoms with Crippen LogP contribution in [-0.2, 0) is 13.0 Å². The first-order valence-electron chi connectivity index (χ1n) is 7.56. The standard InChI is InChI=1S/C18H19FN2O/c1-2-5-18-20-15-6-3-4-7-16(15)21(18)12-17(22)13-8-10-14(19)11-9-13/h3-4,6-11,17,22H,2,5,12H2,1H3/t17-/m1/s1. The lowest BCUT2D eigenvalue weighted by Crippen LogP contribution is -2.11. The summed E-state index contributed by atoms with van der Waals surface area (Å²) < 4.78 is 15.1. The molecule has 22 heavy (non-hydrogen) atoms. The average Bonchev–Trinajstić information content (AvgIpc) is 2.86. The third kappa shape index (κ3) is 2.88. The van der Waals surface area contributed by atoms with Crippen LogP contribution in [0.5, 0.6) is 0 Å². The molecule has 3 rings (SSSR count). The minimum atomic E-state index is -0.686. The van der Waals surface area contributed by atoms with Gasteiger partial charge in [0, 0.05) is 6.42 Å². The number of hydrogen-bond acceptors (Lipinski definition) is 2. The van der Waals surface area contributed by atoms with Crippen LogP contribution < -0.4 is 0 Å². The number of halogens is 1. The second-order valence-electron chi connectivity index (χ2n) is 5.44. The lowest BCUT2D eigenvalue weighted by molar-refractivity contribution is 0.156. The summed E-state index contributed by atoms with van der Waals surface area (Å²) in [6, 6.07) is 13.9. The van der Waals surface area contributed by atoms with Crippen LogP contribution >= 0.6 is 0 Å². The topological polar surface area (TPSA) is 38.0 Å². The first kappa shape index (κ1) is 14.7.